The zero-order valence-corrected chi connectivity index (χ0v) is 23.2. The van der Waals surface area contributed by atoms with Crippen LogP contribution in [0.2, 0.25) is 0 Å². The Kier molecular flexibility index (Phi) is 8.65. The van der Waals surface area contributed by atoms with Crippen LogP contribution in [0, 0.1) is 0 Å². The van der Waals surface area contributed by atoms with E-state index in [9.17, 15) is 27.6 Å². The van der Waals surface area contributed by atoms with Gasteiger partial charge in [0, 0.05) is 37.9 Å². The minimum absolute atomic E-state index is 0.0618. The van der Waals surface area contributed by atoms with Gasteiger partial charge in [-0.1, -0.05) is 42.5 Å². The molecule has 7 nitrogen and oxygen atoms in total. The van der Waals surface area contributed by atoms with E-state index in [-0.39, 0.29) is 38.5 Å². The molecule has 2 amide bonds. The number of halogens is 4. The molecule has 2 atom stereocenters. The van der Waals surface area contributed by atoms with Crippen LogP contribution in [0.1, 0.15) is 67.4 Å². The summed E-state index contributed by atoms with van der Waals surface area (Å²) in [4.78, 5) is 38.9. The third-order valence-electron chi connectivity index (χ3n) is 7.21. The van der Waals surface area contributed by atoms with Gasteiger partial charge in [-0.3, -0.25) is 4.79 Å². The number of carbonyl (C=O) groups excluding carboxylic acids is 3. The Labute approximate surface area is 236 Å². The Morgan fingerprint density at radius 2 is 1.59 bits per heavy atom. The number of rotatable bonds is 7. The fourth-order valence-electron chi connectivity index (χ4n) is 4.95. The molecule has 1 heterocycles. The minimum atomic E-state index is -5.12. The lowest BCUT2D eigenvalue weighted by Gasteiger charge is -2.39. The van der Waals surface area contributed by atoms with E-state index in [1.807, 2.05) is 0 Å². The van der Waals surface area contributed by atoms with Gasteiger partial charge < -0.3 is 19.3 Å². The molecule has 1 aliphatic carbocycles. The molecule has 4 rings (SSSR count). The van der Waals surface area contributed by atoms with Gasteiger partial charge in [0.15, 0.2) is 0 Å². The summed E-state index contributed by atoms with van der Waals surface area (Å²) < 4.78 is 66.7. The smallest absolute Gasteiger partial charge is 0.456 e. The predicted octanol–water partition coefficient (Wildman–Crippen LogP) is 6.03. The van der Waals surface area contributed by atoms with Crippen LogP contribution in [0.3, 0.4) is 0 Å². The Morgan fingerprint density at radius 3 is 2.15 bits per heavy atom. The van der Waals surface area contributed by atoms with E-state index in [1.165, 1.54) is 4.90 Å². The molecular formula is C30H34F4N2O5. The van der Waals surface area contributed by atoms with E-state index in [0.29, 0.717) is 22.4 Å². The van der Waals surface area contributed by atoms with Gasteiger partial charge >= 0.3 is 24.1 Å². The topological polar surface area (TPSA) is 76.2 Å². The first-order chi connectivity index (χ1) is 19.2. The molecule has 41 heavy (non-hydrogen) atoms. The third-order valence-corrected chi connectivity index (χ3v) is 7.21. The standard InChI is InChI=1S/C30H34F4N2O5/c1-28(2,3)41-25(37)22-11-9-20(10-12-22)18-40-27(39)35-15-13-29(31,14-16-35)19-36(26(38)30(32,33)34)24-17-23(24)21-7-5-4-6-8-21/h4-12,23-24H,13-19H2,1-3H3/t23-,24+/m0/s1. The second-order valence-electron chi connectivity index (χ2n) is 11.6. The molecular weight excluding hydrogens is 544 g/mol. The van der Waals surface area contributed by atoms with Gasteiger partial charge in [0.2, 0.25) is 0 Å². The molecule has 1 saturated heterocycles. The van der Waals surface area contributed by atoms with Crippen molar-refractivity contribution in [3.05, 3.63) is 71.3 Å². The Balaban J connectivity index is 1.30. The average Bonchev–Trinajstić information content (AvgIpc) is 3.71. The Morgan fingerprint density at radius 1 is 0.976 bits per heavy atom. The van der Waals surface area contributed by atoms with Crippen LogP contribution in [0.15, 0.2) is 54.6 Å². The van der Waals surface area contributed by atoms with E-state index >= 15 is 4.39 Å². The van der Waals surface area contributed by atoms with Gasteiger partial charge in [-0.2, -0.15) is 13.2 Å². The number of nitrogens with zero attached hydrogens (tertiary/aromatic N) is 2. The molecule has 222 valence electrons. The van der Waals surface area contributed by atoms with Crippen molar-refractivity contribution in [1.82, 2.24) is 9.80 Å². The van der Waals surface area contributed by atoms with Crippen LogP contribution >= 0.6 is 0 Å². The largest absolute Gasteiger partial charge is 0.471 e. The quantitative estimate of drug-likeness (QED) is 0.296. The second-order valence-corrected chi connectivity index (χ2v) is 11.6. The van der Waals surface area contributed by atoms with Crippen molar-refractivity contribution in [2.45, 2.75) is 76.0 Å². The van der Waals surface area contributed by atoms with E-state index in [4.69, 9.17) is 9.47 Å². The first kappa shape index (κ1) is 30.3. The molecule has 0 unspecified atom stereocenters. The molecule has 0 bridgehead atoms. The van der Waals surface area contributed by atoms with Gasteiger partial charge in [-0.25, -0.2) is 14.0 Å². The number of benzene rings is 2. The Hall–Kier alpha value is -3.63. The number of esters is 1. The molecule has 0 radical (unpaired) electrons. The minimum Gasteiger partial charge on any atom is -0.456 e. The van der Waals surface area contributed by atoms with Crippen molar-refractivity contribution < 1.29 is 41.4 Å². The highest BCUT2D eigenvalue weighted by Crippen LogP contribution is 2.47. The fraction of sp³-hybridized carbons (Fsp3) is 0.500. The normalized spacial score (nSPS) is 20.2. The number of hydrogen-bond acceptors (Lipinski definition) is 5. The van der Waals surface area contributed by atoms with Crippen LogP contribution < -0.4 is 0 Å². The van der Waals surface area contributed by atoms with Gasteiger partial charge in [-0.15, -0.1) is 0 Å². The lowest BCUT2D eigenvalue weighted by Crippen LogP contribution is -2.53. The van der Waals surface area contributed by atoms with Crippen molar-refractivity contribution in [2.24, 2.45) is 0 Å². The van der Waals surface area contributed by atoms with Crippen molar-refractivity contribution in [1.29, 1.82) is 0 Å². The summed E-state index contributed by atoms with van der Waals surface area (Å²) in [6.45, 7) is 4.39. The SMILES string of the molecule is CC(C)(C)OC(=O)c1ccc(COC(=O)N2CCC(F)(CN(C(=O)C(F)(F)F)[C@@H]3C[C@H]3c3ccccc3)CC2)cc1. The van der Waals surface area contributed by atoms with E-state index in [0.717, 1.165) is 5.56 Å². The first-order valence-electron chi connectivity index (χ1n) is 13.5. The summed E-state index contributed by atoms with van der Waals surface area (Å²) in [7, 11) is 0. The summed E-state index contributed by atoms with van der Waals surface area (Å²) >= 11 is 0. The lowest BCUT2D eigenvalue weighted by atomic mass is 9.92. The highest BCUT2D eigenvalue weighted by Gasteiger charge is 2.54. The average molecular weight is 579 g/mol. The maximum absolute atomic E-state index is 15.8. The van der Waals surface area contributed by atoms with Crippen molar-refractivity contribution in [3.63, 3.8) is 0 Å². The zero-order valence-electron chi connectivity index (χ0n) is 23.2. The van der Waals surface area contributed by atoms with Gasteiger partial charge in [0.1, 0.15) is 17.9 Å². The molecule has 2 aliphatic rings. The number of piperidine rings is 1. The van der Waals surface area contributed by atoms with E-state index in [1.54, 1.807) is 75.4 Å². The third kappa shape index (κ3) is 7.98. The summed E-state index contributed by atoms with van der Waals surface area (Å²) in [5.74, 6) is -2.80. The number of ether oxygens (including phenoxy) is 2. The summed E-state index contributed by atoms with van der Waals surface area (Å²) in [5.41, 5.74) is -0.918. The molecule has 2 aromatic rings. The van der Waals surface area contributed by atoms with Gasteiger partial charge in [0.25, 0.3) is 0 Å². The van der Waals surface area contributed by atoms with Crippen LogP contribution in [0.5, 0.6) is 0 Å². The lowest BCUT2D eigenvalue weighted by molar-refractivity contribution is -0.188. The molecule has 1 aliphatic heterocycles. The Bertz CT molecular complexity index is 1240. The predicted molar refractivity (Wildman–Crippen MR) is 142 cm³/mol. The van der Waals surface area contributed by atoms with Gasteiger partial charge in [0.05, 0.1) is 12.1 Å². The molecule has 0 aromatic heterocycles. The van der Waals surface area contributed by atoms with Crippen molar-refractivity contribution in [3.8, 4) is 0 Å². The highest BCUT2D eigenvalue weighted by molar-refractivity contribution is 5.89. The number of likely N-dealkylation sites (tertiary alicyclic amines) is 1. The molecule has 2 fully saturated rings. The number of carbonyl (C=O) groups is 3. The van der Waals surface area contributed by atoms with E-state index < -0.39 is 48.0 Å². The van der Waals surface area contributed by atoms with Crippen LogP contribution in [0.25, 0.3) is 0 Å². The molecule has 11 heteroatoms. The zero-order chi connectivity index (χ0) is 30.0. The van der Waals surface area contributed by atoms with Crippen molar-refractivity contribution >= 4 is 18.0 Å². The molecule has 2 aromatic carbocycles. The monoisotopic (exact) mass is 578 g/mol. The second kappa shape index (κ2) is 11.7. The fourth-order valence-corrected chi connectivity index (χ4v) is 4.95. The van der Waals surface area contributed by atoms with Crippen molar-refractivity contribution in [2.75, 3.05) is 19.6 Å². The van der Waals surface area contributed by atoms with Gasteiger partial charge in [-0.05, 0) is 50.5 Å². The number of amides is 2. The van der Waals surface area contributed by atoms with Crippen LogP contribution in [0.4, 0.5) is 22.4 Å². The van der Waals surface area contributed by atoms with Crippen LogP contribution in [-0.2, 0) is 20.9 Å². The molecule has 0 N–H and O–H groups in total. The number of hydrogen-bond donors (Lipinski definition) is 0. The molecule has 1 saturated carbocycles. The highest BCUT2D eigenvalue weighted by atomic mass is 19.4. The first-order valence-corrected chi connectivity index (χ1v) is 13.5. The number of alkyl halides is 4. The molecule has 0 spiro atoms. The van der Waals surface area contributed by atoms with Crippen LogP contribution in [-0.4, -0.2) is 70.9 Å². The van der Waals surface area contributed by atoms with E-state index in [2.05, 4.69) is 0 Å². The maximum atomic E-state index is 15.8. The summed E-state index contributed by atoms with van der Waals surface area (Å²) in [6.07, 6.45) is -5.92. The maximum Gasteiger partial charge on any atom is 0.471 e. The summed E-state index contributed by atoms with van der Waals surface area (Å²) in [6, 6.07) is 14.5. The summed E-state index contributed by atoms with van der Waals surface area (Å²) in [5, 5.41) is 0.